The molecule has 3 aromatic rings. The Morgan fingerprint density at radius 3 is 2.67 bits per heavy atom. The Hall–Kier alpha value is -3.29. The standard InChI is InChI=1S/C25H25ClN2O5/c1-27(2)11-6-12-28-21(15-7-4-9-17(26)13-15)20(23(30)25(28)31)22(29)19-14-16-8-5-10-18(32-3)24(16)33-19/h4-5,7-10,13-14,21,30H,6,11-12H2,1-3H3/t21-/m0/s1. The van der Waals surface area contributed by atoms with Crippen molar-refractivity contribution in [3.8, 4) is 5.75 Å². The maximum atomic E-state index is 13.6. The van der Waals surface area contributed by atoms with Crippen LogP contribution in [0.15, 0.2) is 64.3 Å². The molecule has 2 heterocycles. The van der Waals surface area contributed by atoms with Crippen molar-refractivity contribution in [2.45, 2.75) is 12.5 Å². The quantitative estimate of drug-likeness (QED) is 0.485. The minimum absolute atomic E-state index is 0.0195. The van der Waals surface area contributed by atoms with Crippen molar-refractivity contribution in [3.05, 3.63) is 76.2 Å². The number of nitrogens with zero attached hydrogens (tertiary/aromatic N) is 2. The van der Waals surface area contributed by atoms with E-state index in [4.69, 9.17) is 20.8 Å². The highest BCUT2D eigenvalue weighted by molar-refractivity contribution is 6.30. The van der Waals surface area contributed by atoms with Gasteiger partial charge in [-0.05, 0) is 56.9 Å². The van der Waals surface area contributed by atoms with Crippen molar-refractivity contribution in [1.82, 2.24) is 9.80 Å². The molecule has 0 unspecified atom stereocenters. The molecule has 1 aliphatic rings. The molecule has 0 aliphatic carbocycles. The van der Waals surface area contributed by atoms with Gasteiger partial charge in [0.15, 0.2) is 22.9 Å². The zero-order valence-electron chi connectivity index (χ0n) is 18.7. The number of hydrogen-bond acceptors (Lipinski definition) is 6. The molecule has 172 valence electrons. The van der Waals surface area contributed by atoms with E-state index in [-0.39, 0.29) is 11.3 Å². The number of halogens is 1. The minimum atomic E-state index is -0.777. The number of carbonyl (C=O) groups excluding carboxylic acids is 2. The zero-order chi connectivity index (χ0) is 23.7. The highest BCUT2D eigenvalue weighted by atomic mass is 35.5. The second-order valence-electron chi connectivity index (χ2n) is 8.19. The molecule has 33 heavy (non-hydrogen) atoms. The second-order valence-corrected chi connectivity index (χ2v) is 8.63. The first-order valence-electron chi connectivity index (χ1n) is 10.6. The number of hydrogen-bond donors (Lipinski definition) is 1. The van der Waals surface area contributed by atoms with Crippen molar-refractivity contribution in [3.63, 3.8) is 0 Å². The van der Waals surface area contributed by atoms with Gasteiger partial charge < -0.3 is 24.1 Å². The molecule has 0 spiro atoms. The number of aliphatic hydroxyl groups excluding tert-OH is 1. The van der Waals surface area contributed by atoms with Crippen LogP contribution in [0.5, 0.6) is 5.75 Å². The van der Waals surface area contributed by atoms with Crippen molar-refractivity contribution in [2.24, 2.45) is 0 Å². The summed E-state index contributed by atoms with van der Waals surface area (Å²) in [5.41, 5.74) is 1.04. The molecule has 0 fully saturated rings. The van der Waals surface area contributed by atoms with Crippen LogP contribution >= 0.6 is 11.6 Å². The van der Waals surface area contributed by atoms with E-state index in [0.717, 1.165) is 6.54 Å². The lowest BCUT2D eigenvalue weighted by Gasteiger charge is -2.27. The van der Waals surface area contributed by atoms with E-state index in [1.807, 2.05) is 19.0 Å². The molecule has 8 heteroatoms. The fourth-order valence-electron chi connectivity index (χ4n) is 4.14. The maximum Gasteiger partial charge on any atom is 0.290 e. The van der Waals surface area contributed by atoms with Crippen molar-refractivity contribution in [2.75, 3.05) is 34.3 Å². The third kappa shape index (κ3) is 4.34. The average molecular weight is 469 g/mol. The number of ketones is 1. The summed E-state index contributed by atoms with van der Waals surface area (Å²) in [7, 11) is 5.41. The molecular weight excluding hydrogens is 444 g/mol. The van der Waals surface area contributed by atoms with Gasteiger partial charge in [-0.2, -0.15) is 0 Å². The first-order chi connectivity index (χ1) is 15.8. The van der Waals surface area contributed by atoms with E-state index >= 15 is 0 Å². The van der Waals surface area contributed by atoms with Gasteiger partial charge in [0.2, 0.25) is 5.78 Å². The topological polar surface area (TPSA) is 83.2 Å². The molecule has 1 atom stereocenters. The van der Waals surface area contributed by atoms with Crippen LogP contribution in [-0.2, 0) is 4.79 Å². The molecule has 1 aromatic heterocycles. The van der Waals surface area contributed by atoms with Gasteiger partial charge in [-0.15, -0.1) is 0 Å². The number of rotatable bonds is 8. The molecule has 1 amide bonds. The van der Waals surface area contributed by atoms with Gasteiger partial charge in [-0.1, -0.05) is 35.9 Å². The van der Waals surface area contributed by atoms with Crippen LogP contribution in [0, 0.1) is 0 Å². The lowest BCUT2D eigenvalue weighted by atomic mass is 9.95. The van der Waals surface area contributed by atoms with E-state index in [0.29, 0.717) is 40.3 Å². The number of amides is 1. The number of benzene rings is 2. The number of para-hydroxylation sites is 1. The third-order valence-corrected chi connectivity index (χ3v) is 5.90. The Kier molecular flexibility index (Phi) is 6.44. The van der Waals surface area contributed by atoms with E-state index in [9.17, 15) is 14.7 Å². The minimum Gasteiger partial charge on any atom is -0.503 e. The number of Topliss-reactive ketones (excluding diaryl/α,β-unsaturated/α-hetero) is 1. The van der Waals surface area contributed by atoms with E-state index in [1.54, 1.807) is 48.5 Å². The average Bonchev–Trinajstić information content (AvgIpc) is 3.33. The van der Waals surface area contributed by atoms with Crippen LogP contribution in [-0.4, -0.2) is 60.9 Å². The normalized spacial score (nSPS) is 16.3. The summed E-state index contributed by atoms with van der Waals surface area (Å²) < 4.78 is 11.1. The van der Waals surface area contributed by atoms with Crippen LogP contribution in [0.1, 0.15) is 28.6 Å². The maximum absolute atomic E-state index is 13.6. The van der Waals surface area contributed by atoms with Gasteiger partial charge in [-0.3, -0.25) is 9.59 Å². The summed E-state index contributed by atoms with van der Waals surface area (Å²) in [6, 6.07) is 13.1. The summed E-state index contributed by atoms with van der Waals surface area (Å²) in [4.78, 5) is 30.2. The van der Waals surface area contributed by atoms with Gasteiger partial charge in [0.05, 0.1) is 18.7 Å². The highest BCUT2D eigenvalue weighted by Gasteiger charge is 2.44. The lowest BCUT2D eigenvalue weighted by Crippen LogP contribution is -2.33. The molecule has 0 saturated heterocycles. The molecule has 0 bridgehead atoms. The summed E-state index contributed by atoms with van der Waals surface area (Å²) in [6.07, 6.45) is 0.673. The molecule has 0 radical (unpaired) electrons. The fraction of sp³-hybridized carbons (Fsp3) is 0.280. The van der Waals surface area contributed by atoms with Gasteiger partial charge in [0, 0.05) is 17.0 Å². The monoisotopic (exact) mass is 468 g/mol. The second kappa shape index (κ2) is 9.29. The number of carbonyl (C=O) groups is 2. The molecule has 4 rings (SSSR count). The van der Waals surface area contributed by atoms with Crippen LogP contribution in [0.25, 0.3) is 11.0 Å². The Morgan fingerprint density at radius 1 is 1.21 bits per heavy atom. The fourth-order valence-corrected chi connectivity index (χ4v) is 4.34. The van der Waals surface area contributed by atoms with Crippen LogP contribution < -0.4 is 4.74 Å². The van der Waals surface area contributed by atoms with Crippen molar-refractivity contribution >= 4 is 34.3 Å². The number of ether oxygens (including phenoxy) is 1. The van der Waals surface area contributed by atoms with Gasteiger partial charge >= 0.3 is 0 Å². The Balaban J connectivity index is 1.77. The number of aliphatic hydroxyl groups is 1. The van der Waals surface area contributed by atoms with E-state index in [2.05, 4.69) is 0 Å². The van der Waals surface area contributed by atoms with Crippen molar-refractivity contribution < 1.29 is 23.8 Å². The van der Waals surface area contributed by atoms with Gasteiger partial charge in [0.1, 0.15) is 0 Å². The molecule has 1 aliphatic heterocycles. The van der Waals surface area contributed by atoms with Crippen LogP contribution in [0.3, 0.4) is 0 Å². The molecule has 1 N–H and O–H groups in total. The summed E-state index contributed by atoms with van der Waals surface area (Å²) in [5, 5.41) is 12.0. The predicted octanol–water partition coefficient (Wildman–Crippen LogP) is 4.62. The third-order valence-electron chi connectivity index (χ3n) is 5.67. The molecular formula is C25H25ClN2O5. The van der Waals surface area contributed by atoms with Crippen LogP contribution in [0.2, 0.25) is 5.02 Å². The highest BCUT2D eigenvalue weighted by Crippen LogP contribution is 2.40. The summed E-state index contributed by atoms with van der Waals surface area (Å²) >= 11 is 6.21. The summed E-state index contributed by atoms with van der Waals surface area (Å²) in [5.74, 6) is -1.20. The summed E-state index contributed by atoms with van der Waals surface area (Å²) in [6.45, 7) is 1.11. The van der Waals surface area contributed by atoms with Gasteiger partial charge in [0.25, 0.3) is 5.91 Å². The Morgan fingerprint density at radius 2 is 1.97 bits per heavy atom. The molecule has 2 aromatic carbocycles. The first kappa shape index (κ1) is 22.9. The lowest BCUT2D eigenvalue weighted by molar-refractivity contribution is -0.129. The Labute approximate surface area is 196 Å². The Bertz CT molecular complexity index is 1250. The number of fused-ring (bicyclic) bond motifs is 1. The molecule has 7 nitrogen and oxygen atoms in total. The largest absolute Gasteiger partial charge is 0.503 e. The predicted molar refractivity (Wildman–Crippen MR) is 126 cm³/mol. The SMILES string of the molecule is COc1cccc2cc(C(=O)C3=C(O)C(=O)N(CCCN(C)C)[C@H]3c3cccc(Cl)c3)oc12. The number of furan rings is 1. The first-order valence-corrected chi connectivity index (χ1v) is 10.9. The smallest absolute Gasteiger partial charge is 0.290 e. The van der Waals surface area contributed by atoms with Crippen LogP contribution in [0.4, 0.5) is 0 Å². The van der Waals surface area contributed by atoms with Crippen molar-refractivity contribution in [1.29, 1.82) is 0 Å². The van der Waals surface area contributed by atoms with E-state index in [1.165, 1.54) is 12.0 Å². The van der Waals surface area contributed by atoms with E-state index < -0.39 is 23.5 Å². The molecule has 0 saturated carbocycles. The zero-order valence-corrected chi connectivity index (χ0v) is 19.4. The number of methoxy groups -OCH3 is 1. The van der Waals surface area contributed by atoms with Gasteiger partial charge in [-0.25, -0.2) is 0 Å².